The van der Waals surface area contributed by atoms with Gasteiger partial charge >= 0.3 is 0 Å². The maximum absolute atomic E-state index is 5.38. The number of rotatable bonds is 5. The molecule has 1 atom stereocenters. The summed E-state index contributed by atoms with van der Waals surface area (Å²) in [5, 5.41) is 3.57. The second-order valence-electron chi connectivity index (χ2n) is 5.82. The summed E-state index contributed by atoms with van der Waals surface area (Å²) < 4.78 is 5.82. The molecular weight excluding hydrogens is 232 g/mol. The average Bonchev–Trinajstić information content (AvgIpc) is 2.76. The molecule has 0 aromatic carbocycles. The summed E-state index contributed by atoms with van der Waals surface area (Å²) in [6.07, 6.45) is 1.24. The molecule has 2 saturated heterocycles. The van der Waals surface area contributed by atoms with Crippen molar-refractivity contribution in [2.75, 3.05) is 51.7 Å². The molecule has 0 spiro atoms. The van der Waals surface area contributed by atoms with Gasteiger partial charge in [0, 0.05) is 49.8 Å². The van der Waals surface area contributed by atoms with Crippen LogP contribution in [0.1, 0.15) is 20.3 Å². The predicted molar refractivity (Wildman–Crippen MR) is 74.8 cm³/mol. The number of thioether (sulfide) groups is 1. The molecule has 100 valence electrons. The van der Waals surface area contributed by atoms with Crippen molar-refractivity contribution in [2.24, 2.45) is 5.92 Å². The summed E-state index contributed by atoms with van der Waals surface area (Å²) in [6, 6.07) is 0. The van der Waals surface area contributed by atoms with Crippen molar-refractivity contribution < 1.29 is 4.74 Å². The van der Waals surface area contributed by atoms with Crippen molar-refractivity contribution in [2.45, 2.75) is 25.0 Å². The Kier molecular flexibility index (Phi) is 5.15. The average molecular weight is 258 g/mol. The lowest BCUT2D eigenvalue weighted by Gasteiger charge is -2.37. The third-order valence-electron chi connectivity index (χ3n) is 3.57. The molecule has 2 fully saturated rings. The molecule has 3 nitrogen and oxygen atoms in total. The molecule has 2 aliphatic rings. The zero-order chi connectivity index (χ0) is 12.1. The van der Waals surface area contributed by atoms with Gasteiger partial charge < -0.3 is 10.1 Å². The predicted octanol–water partition coefficient (Wildman–Crippen LogP) is 1.44. The standard InChI is InChI=1S/C13H26N2OS/c1-13(2)11-15(6-8-17-13)5-4-14-9-12-3-7-16-10-12/h12,14H,3-11H2,1-2H3. The molecule has 2 aliphatic heterocycles. The molecule has 2 rings (SSSR count). The first-order valence-electron chi connectivity index (χ1n) is 6.80. The highest BCUT2D eigenvalue weighted by atomic mass is 32.2. The second-order valence-corrected chi connectivity index (χ2v) is 7.62. The summed E-state index contributed by atoms with van der Waals surface area (Å²) in [6.45, 7) is 12.6. The first-order valence-corrected chi connectivity index (χ1v) is 7.79. The van der Waals surface area contributed by atoms with Crippen LogP contribution in [0.25, 0.3) is 0 Å². The number of hydrogen-bond donors (Lipinski definition) is 1. The lowest BCUT2D eigenvalue weighted by molar-refractivity contribution is 0.184. The van der Waals surface area contributed by atoms with E-state index >= 15 is 0 Å². The molecule has 2 heterocycles. The Morgan fingerprint density at radius 2 is 2.35 bits per heavy atom. The fraction of sp³-hybridized carbons (Fsp3) is 1.00. The Hall–Kier alpha value is 0.230. The molecule has 1 unspecified atom stereocenters. The summed E-state index contributed by atoms with van der Waals surface area (Å²) in [5.74, 6) is 2.03. The van der Waals surface area contributed by atoms with Crippen molar-refractivity contribution >= 4 is 11.8 Å². The number of nitrogens with one attached hydrogen (secondary N) is 1. The lowest BCUT2D eigenvalue weighted by Crippen LogP contribution is -2.45. The van der Waals surface area contributed by atoms with Gasteiger partial charge in [-0.1, -0.05) is 0 Å². The van der Waals surface area contributed by atoms with Crippen molar-refractivity contribution in [1.82, 2.24) is 10.2 Å². The molecule has 0 saturated carbocycles. The van der Waals surface area contributed by atoms with Gasteiger partial charge in [0.25, 0.3) is 0 Å². The van der Waals surface area contributed by atoms with Crippen LogP contribution in [0, 0.1) is 5.92 Å². The van der Waals surface area contributed by atoms with Gasteiger partial charge in [0.15, 0.2) is 0 Å². The van der Waals surface area contributed by atoms with Crippen LogP contribution < -0.4 is 5.32 Å². The van der Waals surface area contributed by atoms with Gasteiger partial charge in [-0.25, -0.2) is 0 Å². The van der Waals surface area contributed by atoms with Gasteiger partial charge in [0.05, 0.1) is 6.61 Å². The Morgan fingerprint density at radius 3 is 3.06 bits per heavy atom. The van der Waals surface area contributed by atoms with E-state index in [1.165, 1.54) is 31.8 Å². The molecule has 17 heavy (non-hydrogen) atoms. The quantitative estimate of drug-likeness (QED) is 0.754. The van der Waals surface area contributed by atoms with E-state index in [1.807, 2.05) is 0 Å². The summed E-state index contributed by atoms with van der Waals surface area (Å²) in [4.78, 5) is 2.59. The minimum Gasteiger partial charge on any atom is -0.381 e. The second kappa shape index (κ2) is 6.41. The Labute approximate surface area is 110 Å². The van der Waals surface area contributed by atoms with Crippen molar-refractivity contribution in [3.05, 3.63) is 0 Å². The van der Waals surface area contributed by atoms with Crippen LogP contribution in [0.5, 0.6) is 0 Å². The Morgan fingerprint density at radius 1 is 1.47 bits per heavy atom. The number of ether oxygens (including phenoxy) is 1. The highest BCUT2D eigenvalue weighted by Crippen LogP contribution is 2.29. The van der Waals surface area contributed by atoms with Crippen LogP contribution in [0.4, 0.5) is 0 Å². The molecule has 4 heteroatoms. The zero-order valence-corrected chi connectivity index (χ0v) is 12.0. The van der Waals surface area contributed by atoms with E-state index in [0.29, 0.717) is 4.75 Å². The van der Waals surface area contributed by atoms with E-state index in [-0.39, 0.29) is 0 Å². The molecule has 0 aromatic heterocycles. The van der Waals surface area contributed by atoms with Gasteiger partial charge in [-0.2, -0.15) is 11.8 Å². The summed E-state index contributed by atoms with van der Waals surface area (Å²) in [5.41, 5.74) is 0. The van der Waals surface area contributed by atoms with Gasteiger partial charge in [-0.15, -0.1) is 0 Å². The van der Waals surface area contributed by atoms with Crippen LogP contribution >= 0.6 is 11.8 Å². The van der Waals surface area contributed by atoms with Gasteiger partial charge in [0.2, 0.25) is 0 Å². The minimum atomic E-state index is 0.442. The summed E-state index contributed by atoms with van der Waals surface area (Å²) >= 11 is 2.11. The van der Waals surface area contributed by atoms with Crippen LogP contribution in [0.2, 0.25) is 0 Å². The van der Waals surface area contributed by atoms with Crippen LogP contribution in [0.15, 0.2) is 0 Å². The highest BCUT2D eigenvalue weighted by Gasteiger charge is 2.26. The zero-order valence-electron chi connectivity index (χ0n) is 11.2. The van der Waals surface area contributed by atoms with E-state index < -0.39 is 0 Å². The third kappa shape index (κ3) is 4.78. The largest absolute Gasteiger partial charge is 0.381 e. The molecule has 1 N–H and O–H groups in total. The molecule has 0 amide bonds. The van der Waals surface area contributed by atoms with Gasteiger partial charge in [0.1, 0.15) is 0 Å². The van der Waals surface area contributed by atoms with Crippen LogP contribution in [-0.2, 0) is 4.74 Å². The maximum atomic E-state index is 5.38. The van der Waals surface area contributed by atoms with E-state index in [2.05, 4.69) is 35.8 Å². The third-order valence-corrected chi connectivity index (χ3v) is 4.86. The topological polar surface area (TPSA) is 24.5 Å². The highest BCUT2D eigenvalue weighted by molar-refractivity contribution is 8.00. The first-order chi connectivity index (χ1) is 8.16. The lowest BCUT2D eigenvalue weighted by atomic mass is 10.1. The molecule has 0 aliphatic carbocycles. The smallest absolute Gasteiger partial charge is 0.0507 e. The van der Waals surface area contributed by atoms with Crippen LogP contribution in [-0.4, -0.2) is 61.3 Å². The maximum Gasteiger partial charge on any atom is 0.0507 e. The fourth-order valence-corrected chi connectivity index (χ4v) is 3.77. The fourth-order valence-electron chi connectivity index (χ4n) is 2.59. The first kappa shape index (κ1) is 13.7. The Bertz CT molecular complexity index is 229. The van der Waals surface area contributed by atoms with Crippen LogP contribution in [0.3, 0.4) is 0 Å². The number of nitrogens with zero attached hydrogens (tertiary/aromatic N) is 1. The Balaban J connectivity index is 1.55. The molecule has 0 aromatic rings. The molecular formula is C13H26N2OS. The van der Waals surface area contributed by atoms with E-state index in [1.54, 1.807) is 0 Å². The van der Waals surface area contributed by atoms with Gasteiger partial charge in [-0.05, 0) is 26.2 Å². The van der Waals surface area contributed by atoms with E-state index in [0.717, 1.165) is 32.2 Å². The van der Waals surface area contributed by atoms with Crippen molar-refractivity contribution in [3.8, 4) is 0 Å². The monoisotopic (exact) mass is 258 g/mol. The van der Waals surface area contributed by atoms with E-state index in [9.17, 15) is 0 Å². The van der Waals surface area contributed by atoms with E-state index in [4.69, 9.17) is 4.74 Å². The van der Waals surface area contributed by atoms with Gasteiger partial charge in [-0.3, -0.25) is 4.90 Å². The minimum absolute atomic E-state index is 0.442. The SMILES string of the molecule is CC1(C)CN(CCNCC2CCOC2)CCS1. The molecule has 0 bridgehead atoms. The normalized spacial score (nSPS) is 29.6. The number of hydrogen-bond acceptors (Lipinski definition) is 4. The summed E-state index contributed by atoms with van der Waals surface area (Å²) in [7, 11) is 0. The van der Waals surface area contributed by atoms with Crippen molar-refractivity contribution in [3.63, 3.8) is 0 Å². The molecule has 0 radical (unpaired) electrons. The van der Waals surface area contributed by atoms with Crippen molar-refractivity contribution in [1.29, 1.82) is 0 Å².